The Morgan fingerprint density at radius 1 is 1.18 bits per heavy atom. The van der Waals surface area contributed by atoms with Gasteiger partial charge < -0.3 is 15.2 Å². The molecule has 0 saturated carbocycles. The maximum atomic E-state index is 12.3. The van der Waals surface area contributed by atoms with Crippen LogP contribution in [0.4, 0.5) is 17.6 Å². The van der Waals surface area contributed by atoms with Gasteiger partial charge in [0.1, 0.15) is 11.5 Å². The fraction of sp³-hybridized carbons (Fsp3) is 0.182. The van der Waals surface area contributed by atoms with E-state index >= 15 is 0 Å². The lowest BCUT2D eigenvalue weighted by atomic mass is 10.2. The van der Waals surface area contributed by atoms with E-state index in [1.54, 1.807) is 5.43 Å². The van der Waals surface area contributed by atoms with Gasteiger partial charge in [-0.2, -0.15) is 22.7 Å². The number of hydrogen-bond donors (Lipinski definition) is 2. The van der Waals surface area contributed by atoms with Crippen LogP contribution in [-0.4, -0.2) is 31.3 Å². The van der Waals surface area contributed by atoms with E-state index in [2.05, 4.69) is 20.3 Å². The molecule has 1 aromatic rings. The predicted molar refractivity (Wildman–Crippen MR) is 64.6 cm³/mol. The lowest BCUT2D eigenvalue weighted by Crippen LogP contribution is -2.32. The number of primary amides is 1. The number of hydrazone groups is 1. The zero-order valence-electron chi connectivity index (χ0n) is 10.6. The molecule has 3 N–H and O–H groups in total. The van der Waals surface area contributed by atoms with Gasteiger partial charge in [-0.1, -0.05) is 0 Å². The molecule has 120 valence electrons. The number of alkyl halides is 4. The van der Waals surface area contributed by atoms with Crippen LogP contribution in [0, 0.1) is 0 Å². The number of nitrogens with zero attached hydrogens (tertiary/aromatic N) is 1. The van der Waals surface area contributed by atoms with E-state index in [1.165, 1.54) is 0 Å². The number of benzene rings is 1. The summed E-state index contributed by atoms with van der Waals surface area (Å²) in [5.74, 6) is -3.47. The van der Waals surface area contributed by atoms with Crippen LogP contribution in [0.5, 0.6) is 11.5 Å². The summed E-state index contributed by atoms with van der Waals surface area (Å²) in [6, 6.07) is 2.91. The van der Waals surface area contributed by atoms with Gasteiger partial charge in [-0.25, -0.2) is 5.43 Å². The van der Waals surface area contributed by atoms with Crippen molar-refractivity contribution in [3.05, 3.63) is 23.8 Å². The molecule has 7 nitrogen and oxygen atoms in total. The van der Waals surface area contributed by atoms with E-state index in [0.717, 1.165) is 24.4 Å². The predicted octanol–water partition coefficient (Wildman–Crippen LogP) is 0.825. The second-order valence-electron chi connectivity index (χ2n) is 3.52. The lowest BCUT2D eigenvalue weighted by molar-refractivity contribution is -0.137. The van der Waals surface area contributed by atoms with E-state index in [1.807, 2.05) is 0 Å². The summed E-state index contributed by atoms with van der Waals surface area (Å²) in [6.45, 7) is -6.37. The van der Waals surface area contributed by atoms with Crippen molar-refractivity contribution in [3.63, 3.8) is 0 Å². The van der Waals surface area contributed by atoms with Gasteiger partial charge in [0.05, 0.1) is 6.21 Å². The average Bonchev–Trinajstić information content (AvgIpc) is 2.39. The van der Waals surface area contributed by atoms with Gasteiger partial charge in [0, 0.05) is 11.6 Å². The molecule has 0 bridgehead atoms. The van der Waals surface area contributed by atoms with Gasteiger partial charge in [0.2, 0.25) is 0 Å². The van der Waals surface area contributed by atoms with Crippen molar-refractivity contribution >= 4 is 18.0 Å². The summed E-state index contributed by atoms with van der Waals surface area (Å²) in [5.41, 5.74) is 6.27. The Morgan fingerprint density at radius 3 is 2.36 bits per heavy atom. The van der Waals surface area contributed by atoms with E-state index in [-0.39, 0.29) is 5.56 Å². The molecule has 0 aromatic heterocycles. The van der Waals surface area contributed by atoms with Crippen LogP contribution in [-0.2, 0) is 9.59 Å². The van der Waals surface area contributed by atoms with Crippen molar-refractivity contribution < 1.29 is 36.6 Å². The van der Waals surface area contributed by atoms with E-state index in [4.69, 9.17) is 0 Å². The molecule has 0 radical (unpaired) electrons. The molecule has 0 atom stereocenters. The van der Waals surface area contributed by atoms with E-state index in [9.17, 15) is 27.2 Å². The third kappa shape index (κ3) is 5.64. The Bertz CT molecular complexity index is 580. The Morgan fingerprint density at radius 2 is 1.82 bits per heavy atom. The SMILES string of the molecule is NC(=O)C(=O)NN=Cc1ccc(OC(F)F)cc1OC(F)F. The highest BCUT2D eigenvalue weighted by molar-refractivity contribution is 6.34. The fourth-order valence-corrected chi connectivity index (χ4v) is 1.21. The zero-order valence-corrected chi connectivity index (χ0v) is 10.6. The second kappa shape index (κ2) is 7.81. The van der Waals surface area contributed by atoms with Crippen LogP contribution in [0.1, 0.15) is 5.56 Å². The number of hydrogen-bond acceptors (Lipinski definition) is 5. The van der Waals surface area contributed by atoms with Crippen molar-refractivity contribution in [2.24, 2.45) is 10.8 Å². The van der Waals surface area contributed by atoms with Crippen molar-refractivity contribution in [2.75, 3.05) is 0 Å². The molecule has 22 heavy (non-hydrogen) atoms. The summed E-state index contributed by atoms with van der Waals surface area (Å²) >= 11 is 0. The number of rotatable bonds is 6. The summed E-state index contributed by atoms with van der Waals surface area (Å²) < 4.78 is 56.8. The number of nitrogens with two attached hydrogens (primary N) is 1. The molecule has 0 spiro atoms. The van der Waals surface area contributed by atoms with Crippen LogP contribution in [0.3, 0.4) is 0 Å². The van der Waals surface area contributed by atoms with Gasteiger partial charge in [0.25, 0.3) is 0 Å². The number of carbonyl (C=O) groups is 2. The Hall–Kier alpha value is -2.85. The van der Waals surface area contributed by atoms with Crippen LogP contribution in [0.15, 0.2) is 23.3 Å². The van der Waals surface area contributed by atoms with E-state index in [0.29, 0.717) is 0 Å². The molecule has 2 amide bonds. The highest BCUT2D eigenvalue weighted by Crippen LogP contribution is 2.26. The van der Waals surface area contributed by atoms with Crippen molar-refractivity contribution in [2.45, 2.75) is 13.2 Å². The third-order valence-corrected chi connectivity index (χ3v) is 2.02. The van der Waals surface area contributed by atoms with Crippen LogP contribution < -0.4 is 20.6 Å². The first-order valence-corrected chi connectivity index (χ1v) is 5.46. The van der Waals surface area contributed by atoms with E-state index < -0.39 is 36.5 Å². The quantitative estimate of drug-likeness (QED) is 0.350. The van der Waals surface area contributed by atoms with Gasteiger partial charge >= 0.3 is 25.0 Å². The topological polar surface area (TPSA) is 103 Å². The molecular formula is C11H9F4N3O4. The maximum Gasteiger partial charge on any atom is 0.387 e. The fourth-order valence-electron chi connectivity index (χ4n) is 1.21. The normalized spacial score (nSPS) is 11.0. The number of halogens is 4. The first-order chi connectivity index (χ1) is 10.3. The number of nitrogens with one attached hydrogen (secondary N) is 1. The summed E-state index contributed by atoms with van der Waals surface area (Å²) in [4.78, 5) is 21.2. The minimum absolute atomic E-state index is 0.0910. The summed E-state index contributed by atoms with van der Waals surface area (Å²) in [6.07, 6.45) is 0.852. The Labute approximate surface area is 120 Å². The van der Waals surface area contributed by atoms with Crippen LogP contribution >= 0.6 is 0 Å². The third-order valence-electron chi connectivity index (χ3n) is 2.02. The Balaban J connectivity index is 2.94. The molecule has 0 fully saturated rings. The number of ether oxygens (including phenoxy) is 2. The molecule has 0 unspecified atom stereocenters. The monoisotopic (exact) mass is 323 g/mol. The van der Waals surface area contributed by atoms with Crippen molar-refractivity contribution in [1.82, 2.24) is 5.43 Å². The molecule has 0 saturated heterocycles. The number of amides is 2. The molecular weight excluding hydrogens is 314 g/mol. The molecule has 1 aromatic carbocycles. The molecule has 0 aliphatic heterocycles. The minimum Gasteiger partial charge on any atom is -0.435 e. The average molecular weight is 323 g/mol. The number of carbonyl (C=O) groups excluding carboxylic acids is 2. The van der Waals surface area contributed by atoms with Gasteiger partial charge in [-0.15, -0.1) is 0 Å². The minimum atomic E-state index is -3.23. The molecule has 11 heteroatoms. The largest absolute Gasteiger partial charge is 0.435 e. The standard InChI is InChI=1S/C11H9F4N3O4/c12-10(13)21-6-2-1-5(7(3-6)22-11(14)15)4-17-18-9(20)8(16)19/h1-4,10-11H,(H2,16,19)(H,18,20). The molecule has 1 rings (SSSR count). The Kier molecular flexibility index (Phi) is 6.10. The molecule has 0 aliphatic carbocycles. The molecule has 0 heterocycles. The first kappa shape index (κ1) is 17.2. The highest BCUT2D eigenvalue weighted by atomic mass is 19.3. The smallest absolute Gasteiger partial charge is 0.387 e. The lowest BCUT2D eigenvalue weighted by Gasteiger charge is -2.10. The van der Waals surface area contributed by atoms with Gasteiger partial charge in [-0.3, -0.25) is 9.59 Å². The second-order valence-corrected chi connectivity index (χ2v) is 3.52. The molecule has 0 aliphatic rings. The van der Waals surface area contributed by atoms with Crippen LogP contribution in [0.25, 0.3) is 0 Å². The van der Waals surface area contributed by atoms with Crippen molar-refractivity contribution in [1.29, 1.82) is 0 Å². The summed E-state index contributed by atoms with van der Waals surface area (Å²) in [5, 5.41) is 3.28. The maximum absolute atomic E-state index is 12.3. The van der Waals surface area contributed by atoms with Crippen LogP contribution in [0.2, 0.25) is 0 Å². The highest BCUT2D eigenvalue weighted by Gasteiger charge is 2.13. The zero-order chi connectivity index (χ0) is 16.7. The van der Waals surface area contributed by atoms with Gasteiger partial charge in [0.15, 0.2) is 0 Å². The first-order valence-electron chi connectivity index (χ1n) is 5.46. The van der Waals surface area contributed by atoms with Gasteiger partial charge in [-0.05, 0) is 12.1 Å². The summed E-state index contributed by atoms with van der Waals surface area (Å²) in [7, 11) is 0. The van der Waals surface area contributed by atoms with Crippen molar-refractivity contribution in [3.8, 4) is 11.5 Å².